The van der Waals surface area contributed by atoms with Crippen molar-refractivity contribution in [2.75, 3.05) is 0 Å². The first-order chi connectivity index (χ1) is 28.7. The van der Waals surface area contributed by atoms with Gasteiger partial charge in [-0.15, -0.1) is 0 Å². The summed E-state index contributed by atoms with van der Waals surface area (Å²) in [6, 6.07) is 69.4. The van der Waals surface area contributed by atoms with Crippen LogP contribution >= 0.6 is 0 Å². The molecule has 0 saturated carbocycles. The second kappa shape index (κ2) is 13.7. The van der Waals surface area contributed by atoms with Gasteiger partial charge >= 0.3 is 11.7 Å². The molecule has 11 rings (SSSR count). The Balaban J connectivity index is 1.09. The SMILES string of the molecule is Fc1ccnc(-n2c3ccccc3c3ccc(Oc4cccc([N+]5=C=[N+](c6c(-c7ccccc7)cccc6-c6ccccc6)c6c5ccc5ccccc65)c4)cc32)c1. The lowest BCUT2D eigenvalue weighted by atomic mass is 9.95. The summed E-state index contributed by atoms with van der Waals surface area (Å²) in [5, 5.41) is 4.35. The van der Waals surface area contributed by atoms with Gasteiger partial charge in [-0.05, 0) is 80.3 Å². The number of pyridine rings is 1. The zero-order chi connectivity index (χ0) is 38.6. The third-order valence-corrected chi connectivity index (χ3v) is 10.9. The second-order valence-corrected chi connectivity index (χ2v) is 14.3. The minimum Gasteiger partial charge on any atom is -0.457 e. The maximum atomic E-state index is 14.5. The number of benzene rings is 8. The zero-order valence-corrected chi connectivity index (χ0v) is 31.1. The Morgan fingerprint density at radius 2 is 1.17 bits per heavy atom. The number of nitrogens with zero attached hydrogens (tertiary/aromatic N) is 4. The molecule has 6 heteroatoms. The van der Waals surface area contributed by atoms with Gasteiger partial charge in [0.2, 0.25) is 11.4 Å². The van der Waals surface area contributed by atoms with E-state index in [9.17, 15) is 4.39 Å². The van der Waals surface area contributed by atoms with Gasteiger partial charge in [0.05, 0.1) is 33.6 Å². The van der Waals surface area contributed by atoms with Crippen LogP contribution in [0, 0.1) is 5.82 Å². The fraction of sp³-hybridized carbons (Fsp3) is 0. The molecule has 8 aromatic carbocycles. The highest BCUT2D eigenvalue weighted by molar-refractivity contribution is 6.10. The van der Waals surface area contributed by atoms with Gasteiger partial charge in [0.1, 0.15) is 23.1 Å². The standard InChI is InChI=1S/C52H33FN4O/c53-38-29-30-54-50(31-38)57-47-24-10-9-21-45(47)46-27-26-41(33-49(46)57)58-40-19-11-18-39(32-40)55-34-56(52-44-20-8-7-17-37(44)25-28-48(52)55)51-42(35-13-3-1-4-14-35)22-12-23-43(51)36-15-5-2-6-16-36/h1-33H/q+2. The molecule has 0 amide bonds. The van der Waals surface area contributed by atoms with Crippen LogP contribution in [0.2, 0.25) is 0 Å². The minimum absolute atomic E-state index is 0.344. The predicted octanol–water partition coefficient (Wildman–Crippen LogP) is 13.5. The Morgan fingerprint density at radius 1 is 0.500 bits per heavy atom. The molecule has 1 aliphatic rings. The topological polar surface area (TPSA) is 33.1 Å². The molecule has 0 aliphatic carbocycles. The highest BCUT2D eigenvalue weighted by Crippen LogP contribution is 2.47. The molecule has 0 atom stereocenters. The highest BCUT2D eigenvalue weighted by Gasteiger charge is 2.41. The van der Waals surface area contributed by atoms with Crippen LogP contribution < -0.4 is 13.9 Å². The molecule has 0 radical (unpaired) electrons. The minimum atomic E-state index is -0.344. The van der Waals surface area contributed by atoms with Crippen LogP contribution in [0.4, 0.5) is 27.1 Å². The van der Waals surface area contributed by atoms with Crippen molar-refractivity contribution in [3.05, 3.63) is 206 Å². The van der Waals surface area contributed by atoms with E-state index in [4.69, 9.17) is 4.74 Å². The summed E-state index contributed by atoms with van der Waals surface area (Å²) in [6.07, 6.45) is 1.49. The molecule has 2 aromatic heterocycles. The average Bonchev–Trinajstić information content (AvgIpc) is 3.83. The number of ether oxygens (including phenoxy) is 1. The number of fused-ring (bicyclic) bond motifs is 6. The number of rotatable bonds is 7. The van der Waals surface area contributed by atoms with Gasteiger partial charge in [0.25, 0.3) is 5.69 Å². The van der Waals surface area contributed by atoms with Crippen molar-refractivity contribution in [2.24, 2.45) is 0 Å². The predicted molar refractivity (Wildman–Crippen MR) is 234 cm³/mol. The first-order valence-electron chi connectivity index (χ1n) is 19.2. The van der Waals surface area contributed by atoms with Crippen molar-refractivity contribution in [2.45, 2.75) is 0 Å². The van der Waals surface area contributed by atoms with Crippen molar-refractivity contribution >= 4 is 61.3 Å². The normalized spacial score (nSPS) is 12.2. The number of hydrogen-bond acceptors (Lipinski definition) is 2. The molecule has 0 unspecified atom stereocenters. The third kappa shape index (κ3) is 5.59. The van der Waals surface area contributed by atoms with Gasteiger partial charge < -0.3 is 4.74 Å². The average molecular weight is 749 g/mol. The third-order valence-electron chi connectivity index (χ3n) is 10.9. The Labute approximate surface area is 333 Å². The maximum Gasteiger partial charge on any atom is 0.503 e. The van der Waals surface area contributed by atoms with Crippen LogP contribution in [0.15, 0.2) is 200 Å². The van der Waals surface area contributed by atoms with Crippen LogP contribution in [0.5, 0.6) is 11.5 Å². The smallest absolute Gasteiger partial charge is 0.457 e. The van der Waals surface area contributed by atoms with Crippen LogP contribution in [-0.4, -0.2) is 15.6 Å². The van der Waals surface area contributed by atoms with Crippen molar-refractivity contribution in [1.29, 1.82) is 0 Å². The summed E-state index contributed by atoms with van der Waals surface area (Å²) in [5.74, 6) is 1.48. The van der Waals surface area contributed by atoms with Gasteiger partial charge in [-0.1, -0.05) is 109 Å². The van der Waals surface area contributed by atoms with Gasteiger partial charge in [-0.2, -0.15) is 0 Å². The van der Waals surface area contributed by atoms with Gasteiger partial charge in [0.15, 0.2) is 0 Å². The Bertz CT molecular complexity index is 3250. The molecule has 0 fully saturated rings. The number of halogens is 1. The van der Waals surface area contributed by atoms with E-state index in [1.165, 1.54) is 18.3 Å². The molecule has 3 heterocycles. The molecule has 272 valence electrons. The summed E-state index contributed by atoms with van der Waals surface area (Å²) in [5.41, 5.74) is 10.3. The first kappa shape index (κ1) is 33.4. The zero-order valence-electron chi connectivity index (χ0n) is 31.1. The van der Waals surface area contributed by atoms with E-state index >= 15 is 0 Å². The Hall–Kier alpha value is -7.92. The molecule has 58 heavy (non-hydrogen) atoms. The van der Waals surface area contributed by atoms with Crippen molar-refractivity contribution in [3.63, 3.8) is 0 Å². The van der Waals surface area contributed by atoms with E-state index in [0.29, 0.717) is 17.3 Å². The fourth-order valence-corrected chi connectivity index (χ4v) is 8.31. The van der Waals surface area contributed by atoms with Crippen LogP contribution in [0.1, 0.15) is 0 Å². The van der Waals surface area contributed by atoms with E-state index in [2.05, 4.69) is 154 Å². The number of hydrogen-bond donors (Lipinski definition) is 0. The summed E-state index contributed by atoms with van der Waals surface area (Å²) in [7, 11) is 0. The van der Waals surface area contributed by atoms with E-state index < -0.39 is 0 Å². The molecule has 0 saturated heterocycles. The van der Waals surface area contributed by atoms with Crippen LogP contribution in [0.25, 0.3) is 60.6 Å². The monoisotopic (exact) mass is 748 g/mol. The Kier molecular flexibility index (Phi) is 7.88. The summed E-state index contributed by atoms with van der Waals surface area (Å²) in [6.45, 7) is 0. The molecule has 0 bridgehead atoms. The highest BCUT2D eigenvalue weighted by atomic mass is 19.1. The van der Waals surface area contributed by atoms with Crippen LogP contribution in [0.3, 0.4) is 0 Å². The van der Waals surface area contributed by atoms with E-state index in [-0.39, 0.29) is 5.82 Å². The summed E-state index contributed by atoms with van der Waals surface area (Å²) in [4.78, 5) is 4.53. The largest absolute Gasteiger partial charge is 0.503 e. The van der Waals surface area contributed by atoms with Crippen molar-refractivity contribution < 1.29 is 9.13 Å². The van der Waals surface area contributed by atoms with E-state index in [1.807, 2.05) is 53.1 Å². The van der Waals surface area contributed by atoms with Crippen molar-refractivity contribution in [1.82, 2.24) is 18.7 Å². The lowest BCUT2D eigenvalue weighted by Gasteiger charge is -2.11. The first-order valence-corrected chi connectivity index (χ1v) is 19.2. The quantitative estimate of drug-likeness (QED) is 0.152. The lowest BCUT2D eigenvalue weighted by molar-refractivity contribution is 0.483. The maximum absolute atomic E-state index is 14.5. The molecule has 5 nitrogen and oxygen atoms in total. The van der Waals surface area contributed by atoms with Gasteiger partial charge in [0, 0.05) is 41.2 Å². The summed E-state index contributed by atoms with van der Waals surface area (Å²) < 4.78 is 27.5. The number of para-hydroxylation sites is 2. The molecule has 0 N–H and O–H groups in total. The lowest BCUT2D eigenvalue weighted by Crippen LogP contribution is -2.05. The fourth-order valence-electron chi connectivity index (χ4n) is 8.31. The van der Waals surface area contributed by atoms with Crippen molar-refractivity contribution in [3.8, 4) is 39.6 Å². The molecule has 10 aromatic rings. The van der Waals surface area contributed by atoms with Gasteiger partial charge in [-0.3, -0.25) is 4.57 Å². The molecular formula is C52H33FN4O+2. The second-order valence-electron chi connectivity index (χ2n) is 14.3. The number of aromatic nitrogens is 2. The van der Waals surface area contributed by atoms with E-state index in [1.54, 1.807) is 0 Å². The molecule has 0 spiro atoms. The molecular weight excluding hydrogens is 716 g/mol. The molecule has 1 aliphatic heterocycles. The Morgan fingerprint density at radius 3 is 1.95 bits per heavy atom. The van der Waals surface area contributed by atoms with Gasteiger partial charge in [-0.25, -0.2) is 9.37 Å². The van der Waals surface area contributed by atoms with E-state index in [0.717, 1.165) is 77.6 Å². The summed E-state index contributed by atoms with van der Waals surface area (Å²) >= 11 is 0. The van der Waals surface area contributed by atoms with Crippen LogP contribution in [-0.2, 0) is 0 Å².